The Kier molecular flexibility index (Phi) is 5.97. The lowest BCUT2D eigenvalue weighted by atomic mass is 9.98. The zero-order valence-electron chi connectivity index (χ0n) is 15.1. The Labute approximate surface area is 155 Å². The first-order valence-electron chi connectivity index (χ1n) is 7.94. The molecular weight excluding hydrogens is 364 g/mol. The summed E-state index contributed by atoms with van der Waals surface area (Å²) in [4.78, 5) is 48.5. The summed E-state index contributed by atoms with van der Waals surface area (Å²) in [6.07, 6.45) is 0. The third-order valence-electron chi connectivity index (χ3n) is 3.72. The van der Waals surface area contributed by atoms with Gasteiger partial charge in [-0.3, -0.25) is 19.3 Å². The van der Waals surface area contributed by atoms with Crippen molar-refractivity contribution < 1.29 is 33.4 Å². The smallest absolute Gasteiger partial charge is 0.358 e. The lowest BCUT2D eigenvalue weighted by Crippen LogP contribution is -2.68. The number of rotatable bonds is 5. The van der Waals surface area contributed by atoms with Gasteiger partial charge < -0.3 is 19.9 Å². The number of nitrogens with zero attached hydrogens (tertiary/aromatic N) is 1. The molecule has 2 heterocycles. The van der Waals surface area contributed by atoms with E-state index in [9.17, 15) is 19.2 Å². The van der Waals surface area contributed by atoms with Gasteiger partial charge in [-0.2, -0.15) is 0 Å². The highest BCUT2D eigenvalue weighted by atomic mass is 32.2. The monoisotopic (exact) mass is 386 g/mol. The molecule has 0 radical (unpaired) electrons. The Hall–Kier alpha value is -2.07. The van der Waals surface area contributed by atoms with Crippen molar-refractivity contribution in [1.29, 1.82) is 0 Å². The van der Waals surface area contributed by atoms with E-state index in [1.54, 1.807) is 20.8 Å². The largest absolute Gasteiger partial charge is 0.461 e. The van der Waals surface area contributed by atoms with Crippen LogP contribution in [0.25, 0.3) is 0 Å². The molecule has 1 saturated heterocycles. The number of fused-ring (bicyclic) bond motifs is 1. The Morgan fingerprint density at radius 1 is 1.23 bits per heavy atom. The molecule has 0 aromatic carbocycles. The standard InChI is InChI=1S/C16H22N2O7S/c1-8(19)23-5-9-6-26-13-10(17)12(20)18(13)11(9)14(21)24-7-25-15(22)16(2,3)4/h10,13H,5-7,17H2,1-4H3. The molecule has 2 aliphatic rings. The van der Waals surface area contributed by atoms with Gasteiger partial charge in [-0.15, -0.1) is 11.8 Å². The summed E-state index contributed by atoms with van der Waals surface area (Å²) in [5.74, 6) is -1.93. The predicted octanol–water partition coefficient (Wildman–Crippen LogP) is 0.136. The van der Waals surface area contributed by atoms with Crippen LogP contribution in [-0.2, 0) is 33.4 Å². The topological polar surface area (TPSA) is 125 Å². The molecule has 9 nitrogen and oxygen atoms in total. The van der Waals surface area contributed by atoms with Gasteiger partial charge in [-0.05, 0) is 20.8 Å². The Morgan fingerprint density at radius 2 is 1.88 bits per heavy atom. The fourth-order valence-corrected chi connectivity index (χ4v) is 3.56. The summed E-state index contributed by atoms with van der Waals surface area (Å²) in [7, 11) is 0. The van der Waals surface area contributed by atoms with Gasteiger partial charge in [0.15, 0.2) is 0 Å². The van der Waals surface area contributed by atoms with Crippen molar-refractivity contribution in [1.82, 2.24) is 4.90 Å². The number of esters is 3. The summed E-state index contributed by atoms with van der Waals surface area (Å²) in [5.41, 5.74) is 5.45. The van der Waals surface area contributed by atoms with E-state index in [1.807, 2.05) is 0 Å². The van der Waals surface area contributed by atoms with E-state index in [4.69, 9.17) is 19.9 Å². The molecule has 2 rings (SSSR count). The first-order chi connectivity index (χ1) is 12.0. The maximum Gasteiger partial charge on any atom is 0.358 e. The van der Waals surface area contributed by atoms with Crippen molar-refractivity contribution in [2.24, 2.45) is 11.1 Å². The van der Waals surface area contributed by atoms with Gasteiger partial charge in [0.2, 0.25) is 12.7 Å². The number of ether oxygens (including phenoxy) is 3. The molecule has 0 aromatic heterocycles. The zero-order chi connectivity index (χ0) is 19.6. The van der Waals surface area contributed by atoms with Crippen LogP contribution in [0.2, 0.25) is 0 Å². The van der Waals surface area contributed by atoms with Gasteiger partial charge in [-0.1, -0.05) is 0 Å². The normalized spacial score (nSPS) is 22.3. The molecule has 144 valence electrons. The maximum atomic E-state index is 12.5. The summed E-state index contributed by atoms with van der Waals surface area (Å²) >= 11 is 1.38. The molecule has 10 heteroatoms. The van der Waals surface area contributed by atoms with Crippen LogP contribution in [0.15, 0.2) is 11.3 Å². The molecule has 2 unspecified atom stereocenters. The summed E-state index contributed by atoms with van der Waals surface area (Å²) < 4.78 is 14.8. The molecule has 26 heavy (non-hydrogen) atoms. The van der Waals surface area contributed by atoms with Crippen LogP contribution in [0, 0.1) is 5.41 Å². The molecule has 2 atom stereocenters. The van der Waals surface area contributed by atoms with Crippen LogP contribution in [0.4, 0.5) is 0 Å². The highest BCUT2D eigenvalue weighted by Crippen LogP contribution is 2.39. The lowest BCUT2D eigenvalue weighted by molar-refractivity contribution is -0.173. The minimum Gasteiger partial charge on any atom is -0.461 e. The Bertz CT molecular complexity index is 668. The third-order valence-corrected chi connectivity index (χ3v) is 5.08. The number of nitrogens with two attached hydrogens (primary N) is 1. The van der Waals surface area contributed by atoms with E-state index in [1.165, 1.54) is 23.6 Å². The number of carbonyl (C=O) groups excluding carboxylic acids is 4. The molecule has 1 fully saturated rings. The van der Waals surface area contributed by atoms with E-state index in [-0.39, 0.29) is 17.7 Å². The molecule has 2 N–H and O–H groups in total. The van der Waals surface area contributed by atoms with Crippen molar-refractivity contribution in [3.63, 3.8) is 0 Å². The van der Waals surface area contributed by atoms with E-state index >= 15 is 0 Å². The minimum atomic E-state index is -0.834. The van der Waals surface area contributed by atoms with Crippen LogP contribution in [-0.4, -0.2) is 59.3 Å². The SMILES string of the molecule is CC(=O)OCC1=C(C(=O)OCOC(=O)C(C)(C)C)N2C(=O)C(N)C2SC1. The van der Waals surface area contributed by atoms with Crippen LogP contribution in [0.1, 0.15) is 27.7 Å². The second-order valence-corrected chi connectivity index (χ2v) is 8.00. The fourth-order valence-electron chi connectivity index (χ4n) is 2.29. The van der Waals surface area contributed by atoms with Crippen molar-refractivity contribution in [2.45, 2.75) is 39.1 Å². The molecule has 0 aromatic rings. The number of β-lactam (4-membered cyclic amide) rings is 1. The average Bonchev–Trinajstić information content (AvgIpc) is 2.57. The zero-order valence-corrected chi connectivity index (χ0v) is 15.9. The summed E-state index contributed by atoms with van der Waals surface area (Å²) in [5, 5.41) is -0.372. The fraction of sp³-hybridized carbons (Fsp3) is 0.625. The van der Waals surface area contributed by atoms with Crippen molar-refractivity contribution in [2.75, 3.05) is 19.2 Å². The second-order valence-electron chi connectivity index (χ2n) is 6.90. The third kappa shape index (κ3) is 4.18. The van der Waals surface area contributed by atoms with Gasteiger partial charge in [0, 0.05) is 18.2 Å². The Balaban J connectivity index is 2.11. The number of hydrogen-bond acceptors (Lipinski definition) is 9. The predicted molar refractivity (Wildman–Crippen MR) is 91.2 cm³/mol. The van der Waals surface area contributed by atoms with E-state index < -0.39 is 42.1 Å². The Morgan fingerprint density at radius 3 is 2.46 bits per heavy atom. The van der Waals surface area contributed by atoms with E-state index in [0.717, 1.165) is 0 Å². The second kappa shape index (κ2) is 7.67. The minimum absolute atomic E-state index is 0.00601. The van der Waals surface area contributed by atoms with E-state index in [2.05, 4.69) is 0 Å². The number of carbonyl (C=O) groups is 4. The molecular formula is C16H22N2O7S. The summed E-state index contributed by atoms with van der Waals surface area (Å²) in [6, 6.07) is -0.697. The number of amides is 1. The molecule has 2 aliphatic heterocycles. The van der Waals surface area contributed by atoms with E-state index in [0.29, 0.717) is 11.3 Å². The van der Waals surface area contributed by atoms with Gasteiger partial charge in [0.1, 0.15) is 23.7 Å². The van der Waals surface area contributed by atoms with Crippen molar-refractivity contribution in [3.05, 3.63) is 11.3 Å². The quantitative estimate of drug-likeness (QED) is 0.399. The molecule has 1 amide bonds. The molecule has 0 aliphatic carbocycles. The van der Waals surface area contributed by atoms with Crippen LogP contribution < -0.4 is 5.73 Å². The van der Waals surface area contributed by atoms with Crippen LogP contribution in [0.3, 0.4) is 0 Å². The summed E-state index contributed by atoms with van der Waals surface area (Å²) in [6.45, 7) is 5.53. The van der Waals surface area contributed by atoms with Crippen molar-refractivity contribution >= 4 is 35.6 Å². The average molecular weight is 386 g/mol. The van der Waals surface area contributed by atoms with Crippen LogP contribution in [0.5, 0.6) is 0 Å². The highest BCUT2D eigenvalue weighted by Gasteiger charge is 2.52. The van der Waals surface area contributed by atoms with Crippen LogP contribution >= 0.6 is 11.8 Å². The first kappa shape index (κ1) is 20.2. The molecule has 0 spiro atoms. The number of thioether (sulfide) groups is 1. The first-order valence-corrected chi connectivity index (χ1v) is 8.99. The van der Waals surface area contributed by atoms with Crippen molar-refractivity contribution in [3.8, 4) is 0 Å². The molecule has 0 bridgehead atoms. The van der Waals surface area contributed by atoms with Gasteiger partial charge in [-0.25, -0.2) is 4.79 Å². The maximum absolute atomic E-state index is 12.5. The lowest BCUT2D eigenvalue weighted by Gasteiger charge is -2.48. The number of hydrogen-bond donors (Lipinski definition) is 1. The van der Waals surface area contributed by atoms with Gasteiger partial charge in [0.25, 0.3) is 0 Å². The van der Waals surface area contributed by atoms with Gasteiger partial charge >= 0.3 is 17.9 Å². The molecule has 0 saturated carbocycles. The highest BCUT2D eigenvalue weighted by molar-refractivity contribution is 8.00. The van der Waals surface area contributed by atoms with Gasteiger partial charge in [0.05, 0.1) is 5.41 Å².